The fourth-order valence-electron chi connectivity index (χ4n) is 2.32. The second kappa shape index (κ2) is 5.52. The van der Waals surface area contributed by atoms with Crippen LogP contribution in [0.5, 0.6) is 0 Å². The number of imidazole rings is 1. The van der Waals surface area contributed by atoms with Gasteiger partial charge >= 0.3 is 0 Å². The molecule has 1 unspecified atom stereocenters. The lowest BCUT2D eigenvalue weighted by molar-refractivity contribution is 0.152. The fourth-order valence-corrected chi connectivity index (χ4v) is 2.32. The summed E-state index contributed by atoms with van der Waals surface area (Å²) in [6.07, 6.45) is 1.63. The summed E-state index contributed by atoms with van der Waals surface area (Å²) in [6, 6.07) is 2.33. The normalized spacial score (nSPS) is 13.1. The molecule has 0 bridgehead atoms. The predicted octanol–water partition coefficient (Wildman–Crippen LogP) is 2.88. The van der Waals surface area contributed by atoms with E-state index in [2.05, 4.69) is 4.98 Å². The summed E-state index contributed by atoms with van der Waals surface area (Å²) in [5.74, 6) is -1.64. The lowest BCUT2D eigenvalue weighted by Crippen LogP contribution is -2.17. The molecule has 2 N–H and O–H groups in total. The van der Waals surface area contributed by atoms with E-state index in [1.165, 1.54) is 10.6 Å². The van der Waals surface area contributed by atoms with Crippen molar-refractivity contribution in [2.45, 2.75) is 25.8 Å². The van der Waals surface area contributed by atoms with Crippen molar-refractivity contribution >= 4 is 17.0 Å². The maximum absolute atomic E-state index is 14.0. The van der Waals surface area contributed by atoms with Gasteiger partial charge in [-0.3, -0.25) is 0 Å². The number of methoxy groups -OCH3 is 1. The Morgan fingerprint density at radius 1 is 1.42 bits per heavy atom. The Balaban J connectivity index is 2.63. The van der Waals surface area contributed by atoms with Crippen molar-refractivity contribution in [1.29, 1.82) is 0 Å². The van der Waals surface area contributed by atoms with Crippen LogP contribution in [0.15, 0.2) is 12.1 Å². The van der Waals surface area contributed by atoms with E-state index in [0.717, 1.165) is 18.9 Å². The molecule has 0 aliphatic heterocycles. The van der Waals surface area contributed by atoms with Crippen molar-refractivity contribution in [3.63, 3.8) is 0 Å². The van der Waals surface area contributed by atoms with Gasteiger partial charge < -0.3 is 15.0 Å². The predicted molar refractivity (Wildman–Crippen MR) is 69.9 cm³/mol. The number of nitrogens with zero attached hydrogens (tertiary/aromatic N) is 2. The van der Waals surface area contributed by atoms with Gasteiger partial charge in [-0.15, -0.1) is 0 Å². The fraction of sp³-hybridized carbons (Fsp3) is 0.462. The van der Waals surface area contributed by atoms with Crippen LogP contribution in [0.2, 0.25) is 0 Å². The Kier molecular flexibility index (Phi) is 3.99. The van der Waals surface area contributed by atoms with E-state index in [4.69, 9.17) is 10.5 Å². The first-order valence-electron chi connectivity index (χ1n) is 6.20. The number of anilines is 1. The number of rotatable bonds is 5. The number of fused-ring (bicyclic) bond motifs is 1. The van der Waals surface area contributed by atoms with E-state index in [-0.39, 0.29) is 17.5 Å². The van der Waals surface area contributed by atoms with Gasteiger partial charge in [0.15, 0.2) is 11.6 Å². The van der Waals surface area contributed by atoms with E-state index in [0.29, 0.717) is 12.1 Å². The maximum atomic E-state index is 14.0. The monoisotopic (exact) mass is 269 g/mol. The zero-order valence-corrected chi connectivity index (χ0v) is 11.0. The second-order valence-electron chi connectivity index (χ2n) is 4.47. The number of halogens is 2. The standard InChI is InChI=1S/C13H17F2N3O/c1-3-4-8(7-19-2)18-12-10(17-13(18)16)6-5-9(14)11(12)15/h5-6,8H,3-4,7H2,1-2H3,(H2,16,17). The number of nitrogen functional groups attached to an aromatic ring is 1. The minimum Gasteiger partial charge on any atom is -0.383 e. The van der Waals surface area contributed by atoms with E-state index < -0.39 is 11.6 Å². The van der Waals surface area contributed by atoms with Crippen LogP contribution < -0.4 is 5.73 Å². The summed E-state index contributed by atoms with van der Waals surface area (Å²) >= 11 is 0. The van der Waals surface area contributed by atoms with Crippen LogP contribution in [0.4, 0.5) is 14.7 Å². The molecule has 19 heavy (non-hydrogen) atoms. The number of nitrogens with two attached hydrogens (primary N) is 1. The van der Waals surface area contributed by atoms with Crippen LogP contribution in [0.1, 0.15) is 25.8 Å². The van der Waals surface area contributed by atoms with Gasteiger partial charge in [-0.05, 0) is 18.6 Å². The quantitative estimate of drug-likeness (QED) is 0.908. The summed E-state index contributed by atoms with van der Waals surface area (Å²) in [5, 5.41) is 0. The Hall–Kier alpha value is -1.69. The van der Waals surface area contributed by atoms with Crippen LogP contribution in [0.25, 0.3) is 11.0 Å². The number of hydrogen-bond acceptors (Lipinski definition) is 3. The van der Waals surface area contributed by atoms with Crippen LogP contribution in [-0.2, 0) is 4.74 Å². The third-order valence-electron chi connectivity index (χ3n) is 3.12. The molecule has 0 saturated heterocycles. The molecule has 0 aliphatic rings. The number of hydrogen-bond donors (Lipinski definition) is 1. The highest BCUT2D eigenvalue weighted by atomic mass is 19.2. The zero-order chi connectivity index (χ0) is 14.0. The molecule has 0 spiro atoms. The molecule has 1 atom stereocenters. The van der Waals surface area contributed by atoms with Gasteiger partial charge in [0.25, 0.3) is 0 Å². The van der Waals surface area contributed by atoms with E-state index in [9.17, 15) is 8.78 Å². The molecule has 2 rings (SSSR count). The molecule has 4 nitrogen and oxygen atoms in total. The zero-order valence-electron chi connectivity index (χ0n) is 11.0. The van der Waals surface area contributed by atoms with Gasteiger partial charge in [-0.2, -0.15) is 0 Å². The third-order valence-corrected chi connectivity index (χ3v) is 3.12. The van der Waals surface area contributed by atoms with Gasteiger partial charge in [0.05, 0.1) is 18.2 Å². The first-order valence-corrected chi connectivity index (χ1v) is 6.20. The molecule has 1 heterocycles. The average molecular weight is 269 g/mol. The third kappa shape index (κ3) is 2.40. The van der Waals surface area contributed by atoms with Crippen molar-refractivity contribution in [2.75, 3.05) is 19.5 Å². The van der Waals surface area contributed by atoms with Crippen molar-refractivity contribution in [1.82, 2.24) is 9.55 Å². The molecular formula is C13H17F2N3O. The molecule has 0 fully saturated rings. The molecule has 0 amide bonds. The number of aromatic nitrogens is 2. The van der Waals surface area contributed by atoms with Crippen LogP contribution in [0, 0.1) is 11.6 Å². The summed E-state index contributed by atoms with van der Waals surface area (Å²) in [5.41, 5.74) is 6.30. The number of benzene rings is 1. The molecular weight excluding hydrogens is 252 g/mol. The Bertz CT molecular complexity index is 577. The Labute approximate surface area is 110 Å². The maximum Gasteiger partial charge on any atom is 0.201 e. The van der Waals surface area contributed by atoms with E-state index in [1.54, 1.807) is 7.11 Å². The van der Waals surface area contributed by atoms with E-state index in [1.807, 2.05) is 6.92 Å². The lowest BCUT2D eigenvalue weighted by Gasteiger charge is -2.19. The van der Waals surface area contributed by atoms with Gasteiger partial charge in [0.1, 0.15) is 5.52 Å². The number of ether oxygens (including phenoxy) is 1. The first-order chi connectivity index (χ1) is 9.10. The summed E-state index contributed by atoms with van der Waals surface area (Å²) in [4.78, 5) is 4.08. The Morgan fingerprint density at radius 2 is 2.16 bits per heavy atom. The minimum atomic E-state index is -0.918. The highest BCUT2D eigenvalue weighted by Crippen LogP contribution is 2.28. The Morgan fingerprint density at radius 3 is 2.79 bits per heavy atom. The minimum absolute atomic E-state index is 0.105. The molecule has 0 saturated carbocycles. The van der Waals surface area contributed by atoms with Crippen LogP contribution >= 0.6 is 0 Å². The SMILES string of the molecule is CCCC(COC)n1c(N)nc2ccc(F)c(F)c21. The van der Waals surface area contributed by atoms with Gasteiger partial charge in [-0.25, -0.2) is 13.8 Å². The topological polar surface area (TPSA) is 53.1 Å². The van der Waals surface area contributed by atoms with Crippen molar-refractivity contribution in [3.8, 4) is 0 Å². The van der Waals surface area contributed by atoms with Gasteiger partial charge in [0, 0.05) is 7.11 Å². The van der Waals surface area contributed by atoms with Gasteiger partial charge in [-0.1, -0.05) is 13.3 Å². The summed E-state index contributed by atoms with van der Waals surface area (Å²) in [6.45, 7) is 2.38. The second-order valence-corrected chi connectivity index (χ2v) is 4.47. The molecule has 6 heteroatoms. The molecule has 1 aromatic carbocycles. The average Bonchev–Trinajstić information content (AvgIpc) is 2.71. The van der Waals surface area contributed by atoms with Crippen molar-refractivity contribution < 1.29 is 13.5 Å². The highest BCUT2D eigenvalue weighted by Gasteiger charge is 2.21. The largest absolute Gasteiger partial charge is 0.383 e. The molecule has 0 aliphatic carbocycles. The molecule has 104 valence electrons. The van der Waals surface area contributed by atoms with Gasteiger partial charge in [0.2, 0.25) is 5.95 Å². The molecule has 0 radical (unpaired) electrons. The van der Waals surface area contributed by atoms with E-state index >= 15 is 0 Å². The van der Waals surface area contributed by atoms with Crippen LogP contribution in [0.3, 0.4) is 0 Å². The lowest BCUT2D eigenvalue weighted by atomic mass is 10.1. The van der Waals surface area contributed by atoms with Crippen LogP contribution in [-0.4, -0.2) is 23.3 Å². The first kappa shape index (κ1) is 13.7. The molecule has 1 aromatic heterocycles. The van der Waals surface area contributed by atoms with Crippen molar-refractivity contribution in [2.24, 2.45) is 0 Å². The summed E-state index contributed by atoms with van der Waals surface area (Å²) in [7, 11) is 1.56. The highest BCUT2D eigenvalue weighted by molar-refractivity contribution is 5.79. The summed E-state index contributed by atoms with van der Waals surface area (Å²) < 4.78 is 34.0. The van der Waals surface area contributed by atoms with Crippen molar-refractivity contribution in [3.05, 3.63) is 23.8 Å². The smallest absolute Gasteiger partial charge is 0.201 e. The molecule has 2 aromatic rings.